The number of non-ortho nitro benzene ring substituents is 2. The summed E-state index contributed by atoms with van der Waals surface area (Å²) in [4.78, 5) is 41.8. The maximum absolute atomic E-state index is 11.2. The monoisotopic (exact) mass is 540 g/mol. The van der Waals surface area contributed by atoms with E-state index in [2.05, 4.69) is 10.5 Å². The number of anilines is 1. The van der Waals surface area contributed by atoms with Crippen molar-refractivity contribution in [1.82, 2.24) is 4.90 Å². The third kappa shape index (κ3) is 9.76. The minimum absolute atomic E-state index is 0.0180. The SMILES string of the molecule is CN(C)C=O.O=[N+]([O-])c1cccc(OCCOc2ccccc2/C=N/Nc2ccc([N+](=O)[O-])cc2[N+](=O)[O-])c1. The number of hydrogen-bond acceptors (Lipinski definition) is 11. The number of para-hydroxylation sites is 1. The van der Waals surface area contributed by atoms with Crippen LogP contribution >= 0.6 is 0 Å². The van der Waals surface area contributed by atoms with Gasteiger partial charge in [0.25, 0.3) is 11.4 Å². The number of nitrogens with one attached hydrogen (secondary N) is 1. The van der Waals surface area contributed by atoms with E-state index in [1.807, 2.05) is 0 Å². The second-order valence-electron chi connectivity index (χ2n) is 7.64. The summed E-state index contributed by atoms with van der Waals surface area (Å²) < 4.78 is 11.2. The van der Waals surface area contributed by atoms with Crippen molar-refractivity contribution in [2.45, 2.75) is 0 Å². The lowest BCUT2D eigenvalue weighted by molar-refractivity contribution is -0.393. The Balaban J connectivity index is 0.000000976. The van der Waals surface area contributed by atoms with Crippen LogP contribution in [0.25, 0.3) is 0 Å². The zero-order chi connectivity index (χ0) is 28.8. The molecule has 0 spiro atoms. The van der Waals surface area contributed by atoms with Crippen LogP contribution in [0.2, 0.25) is 0 Å². The Morgan fingerprint density at radius 1 is 0.846 bits per heavy atom. The number of nitrogens with zero attached hydrogens (tertiary/aromatic N) is 5. The molecule has 0 aromatic heterocycles. The molecule has 0 aliphatic heterocycles. The Morgan fingerprint density at radius 3 is 2.13 bits per heavy atom. The van der Waals surface area contributed by atoms with Crippen molar-refractivity contribution >= 4 is 35.4 Å². The molecule has 0 unspecified atom stereocenters. The van der Waals surface area contributed by atoms with Crippen molar-refractivity contribution < 1.29 is 29.0 Å². The molecule has 1 amide bonds. The van der Waals surface area contributed by atoms with Gasteiger partial charge in [0.1, 0.15) is 30.4 Å². The van der Waals surface area contributed by atoms with E-state index in [1.165, 1.54) is 35.4 Å². The van der Waals surface area contributed by atoms with Gasteiger partial charge in [0.15, 0.2) is 0 Å². The summed E-state index contributed by atoms with van der Waals surface area (Å²) >= 11 is 0. The van der Waals surface area contributed by atoms with Gasteiger partial charge in [0.05, 0.1) is 33.1 Å². The average molecular weight is 540 g/mol. The van der Waals surface area contributed by atoms with Crippen molar-refractivity contribution in [3.63, 3.8) is 0 Å². The van der Waals surface area contributed by atoms with Crippen LogP contribution in [0.5, 0.6) is 11.5 Å². The molecule has 0 bridgehead atoms. The number of carbonyl (C=O) groups excluding carboxylic acids is 1. The highest BCUT2D eigenvalue weighted by molar-refractivity contribution is 5.84. The Kier molecular flexibility index (Phi) is 11.3. The van der Waals surface area contributed by atoms with Gasteiger partial charge in [0, 0.05) is 31.8 Å². The summed E-state index contributed by atoms with van der Waals surface area (Å²) in [6.45, 7) is 0.259. The van der Waals surface area contributed by atoms with Crippen LogP contribution < -0.4 is 14.9 Å². The van der Waals surface area contributed by atoms with E-state index in [1.54, 1.807) is 44.4 Å². The van der Waals surface area contributed by atoms with Gasteiger partial charge in [-0.15, -0.1) is 0 Å². The molecule has 0 aliphatic carbocycles. The number of hydrogen-bond donors (Lipinski definition) is 1. The lowest BCUT2D eigenvalue weighted by Gasteiger charge is -2.10. The molecule has 0 fully saturated rings. The van der Waals surface area contributed by atoms with Crippen molar-refractivity contribution in [2.24, 2.45) is 5.10 Å². The summed E-state index contributed by atoms with van der Waals surface area (Å²) in [5.41, 5.74) is 2.06. The van der Waals surface area contributed by atoms with Crippen molar-refractivity contribution in [2.75, 3.05) is 32.7 Å². The molecule has 3 rings (SSSR count). The van der Waals surface area contributed by atoms with E-state index in [4.69, 9.17) is 9.47 Å². The maximum Gasteiger partial charge on any atom is 0.301 e. The van der Waals surface area contributed by atoms with Crippen molar-refractivity contribution in [1.29, 1.82) is 0 Å². The van der Waals surface area contributed by atoms with Crippen LogP contribution in [-0.4, -0.2) is 59.6 Å². The number of ether oxygens (including phenoxy) is 2. The molecule has 0 heterocycles. The fraction of sp³-hybridized carbons (Fsp3) is 0.167. The Hall–Kier alpha value is -5.60. The van der Waals surface area contributed by atoms with E-state index in [0.717, 1.165) is 18.5 Å². The van der Waals surface area contributed by atoms with Gasteiger partial charge in [-0.25, -0.2) is 0 Å². The predicted octanol–water partition coefficient (Wildman–Crippen LogP) is 4.02. The van der Waals surface area contributed by atoms with Gasteiger partial charge in [-0.3, -0.25) is 40.6 Å². The van der Waals surface area contributed by atoms with E-state index in [0.29, 0.717) is 17.1 Å². The lowest BCUT2D eigenvalue weighted by atomic mass is 10.2. The Bertz CT molecular complexity index is 1350. The minimum Gasteiger partial charge on any atom is -0.490 e. The molecule has 0 aliphatic rings. The molecule has 15 nitrogen and oxygen atoms in total. The zero-order valence-electron chi connectivity index (χ0n) is 20.8. The number of nitro benzene ring substituents is 3. The molecule has 3 aromatic carbocycles. The first-order chi connectivity index (χ1) is 18.6. The Morgan fingerprint density at radius 2 is 1.49 bits per heavy atom. The van der Waals surface area contributed by atoms with Crippen LogP contribution in [0.4, 0.5) is 22.7 Å². The summed E-state index contributed by atoms with van der Waals surface area (Å²) in [5, 5.41) is 36.8. The van der Waals surface area contributed by atoms with Gasteiger partial charge >= 0.3 is 5.69 Å². The summed E-state index contributed by atoms with van der Waals surface area (Å²) in [6, 6.07) is 15.8. The van der Waals surface area contributed by atoms with Gasteiger partial charge in [0.2, 0.25) is 6.41 Å². The second-order valence-corrected chi connectivity index (χ2v) is 7.64. The topological polar surface area (TPSA) is 193 Å². The second kappa shape index (κ2) is 14.8. The molecule has 0 atom stereocenters. The number of amides is 1. The third-order valence-electron chi connectivity index (χ3n) is 4.55. The first-order valence-electron chi connectivity index (χ1n) is 11.0. The first kappa shape index (κ1) is 29.6. The van der Waals surface area contributed by atoms with E-state index in [9.17, 15) is 35.1 Å². The number of nitro groups is 3. The van der Waals surface area contributed by atoms with Gasteiger partial charge < -0.3 is 14.4 Å². The highest BCUT2D eigenvalue weighted by Crippen LogP contribution is 2.29. The van der Waals surface area contributed by atoms with Gasteiger partial charge in [-0.2, -0.15) is 5.10 Å². The fourth-order valence-electron chi connectivity index (χ4n) is 2.77. The largest absolute Gasteiger partial charge is 0.490 e. The van der Waals surface area contributed by atoms with Crippen LogP contribution in [-0.2, 0) is 4.79 Å². The van der Waals surface area contributed by atoms with Crippen LogP contribution in [0.3, 0.4) is 0 Å². The molecule has 3 aromatic rings. The number of rotatable bonds is 12. The Labute approximate surface area is 221 Å². The first-order valence-corrected chi connectivity index (χ1v) is 11.0. The van der Waals surface area contributed by atoms with E-state index < -0.39 is 26.1 Å². The van der Waals surface area contributed by atoms with Crippen molar-refractivity contribution in [3.8, 4) is 11.5 Å². The lowest BCUT2D eigenvalue weighted by Crippen LogP contribution is -2.10. The number of hydrazone groups is 1. The maximum atomic E-state index is 11.2. The highest BCUT2D eigenvalue weighted by Gasteiger charge is 2.19. The molecular formula is C24H24N6O9. The predicted molar refractivity (Wildman–Crippen MR) is 141 cm³/mol. The highest BCUT2D eigenvalue weighted by atomic mass is 16.6. The fourth-order valence-corrected chi connectivity index (χ4v) is 2.77. The summed E-state index contributed by atoms with van der Waals surface area (Å²) in [7, 11) is 3.38. The molecule has 0 radical (unpaired) electrons. The summed E-state index contributed by atoms with van der Waals surface area (Å²) in [6.07, 6.45) is 2.13. The molecule has 0 saturated carbocycles. The van der Waals surface area contributed by atoms with E-state index in [-0.39, 0.29) is 24.6 Å². The van der Waals surface area contributed by atoms with Crippen LogP contribution in [0.1, 0.15) is 5.56 Å². The molecule has 204 valence electrons. The molecular weight excluding hydrogens is 516 g/mol. The van der Waals surface area contributed by atoms with Crippen molar-refractivity contribution in [3.05, 3.63) is 103 Å². The zero-order valence-corrected chi connectivity index (χ0v) is 20.8. The number of carbonyl (C=O) groups is 1. The van der Waals surface area contributed by atoms with Crippen LogP contribution in [0, 0.1) is 30.3 Å². The number of benzene rings is 3. The molecule has 15 heteroatoms. The normalized spacial score (nSPS) is 10.1. The minimum atomic E-state index is -0.747. The quantitative estimate of drug-likeness (QED) is 0.115. The smallest absolute Gasteiger partial charge is 0.301 e. The van der Waals surface area contributed by atoms with E-state index >= 15 is 0 Å². The average Bonchev–Trinajstić information content (AvgIpc) is 2.92. The third-order valence-corrected chi connectivity index (χ3v) is 4.55. The van der Waals surface area contributed by atoms with Gasteiger partial charge in [-0.1, -0.05) is 18.2 Å². The van der Waals surface area contributed by atoms with Gasteiger partial charge in [-0.05, 0) is 24.3 Å². The standard InChI is InChI=1S/C21H17N5O8.C3H7NO/c27-24(28)16-5-3-6-18(12-16)33-10-11-34-21-7-2-1-4-15(21)14-22-23-19-9-8-17(25(29)30)13-20(19)26(31)32;1-4(2)3-5/h1-9,12-14,23H,10-11H2;3H,1-2H3/b22-14+;. The summed E-state index contributed by atoms with van der Waals surface area (Å²) in [5.74, 6) is 0.787. The van der Waals surface area contributed by atoms with Crippen LogP contribution in [0.15, 0.2) is 71.8 Å². The molecule has 0 saturated heterocycles. The molecule has 1 N–H and O–H groups in total. The molecule has 39 heavy (non-hydrogen) atoms.